The zero-order valence-electron chi connectivity index (χ0n) is 15.4. The average Bonchev–Trinajstić information content (AvgIpc) is 3.41. The van der Waals surface area contributed by atoms with Gasteiger partial charge >= 0.3 is 0 Å². The molecule has 1 aromatic heterocycles. The lowest BCUT2D eigenvalue weighted by Gasteiger charge is -2.36. The van der Waals surface area contributed by atoms with Crippen LogP contribution in [0.15, 0.2) is 36.5 Å². The molecule has 0 spiro atoms. The fraction of sp³-hybridized carbons (Fsp3) is 0.400. The third-order valence-electron chi connectivity index (χ3n) is 5.45. The summed E-state index contributed by atoms with van der Waals surface area (Å²) in [6.07, 6.45) is 4.05. The van der Waals surface area contributed by atoms with E-state index in [1.165, 1.54) is 0 Å². The highest BCUT2D eigenvalue weighted by Gasteiger charge is 2.24. The van der Waals surface area contributed by atoms with Crippen molar-refractivity contribution in [3.8, 4) is 0 Å². The summed E-state index contributed by atoms with van der Waals surface area (Å²) in [5, 5.41) is 0. The van der Waals surface area contributed by atoms with E-state index in [0.29, 0.717) is 24.3 Å². The molecule has 3 N–H and O–H groups in total. The van der Waals surface area contributed by atoms with Gasteiger partial charge in [0.25, 0.3) is 11.8 Å². The number of rotatable bonds is 4. The van der Waals surface area contributed by atoms with Crippen molar-refractivity contribution in [1.82, 2.24) is 9.88 Å². The summed E-state index contributed by atoms with van der Waals surface area (Å²) in [6.45, 7) is 4.80. The first-order valence-electron chi connectivity index (χ1n) is 9.50. The van der Waals surface area contributed by atoms with Crippen molar-refractivity contribution in [3.05, 3.63) is 47.8 Å². The minimum absolute atomic E-state index is 0.0430. The van der Waals surface area contributed by atoms with E-state index in [1.54, 1.807) is 12.3 Å². The number of hydrogen-bond acceptors (Lipinski definition) is 4. The van der Waals surface area contributed by atoms with Crippen LogP contribution in [0, 0.1) is 0 Å². The number of nitrogens with one attached hydrogen (secondary N) is 1. The normalized spacial score (nSPS) is 17.4. The molecule has 0 aliphatic carbocycles. The number of primary amides is 1. The van der Waals surface area contributed by atoms with E-state index in [0.717, 1.165) is 50.4 Å². The van der Waals surface area contributed by atoms with Gasteiger partial charge in [0.2, 0.25) is 0 Å². The maximum absolute atomic E-state index is 12.5. The van der Waals surface area contributed by atoms with E-state index in [-0.39, 0.29) is 11.8 Å². The molecule has 2 amide bonds. The number of nitrogens with zero attached hydrogens (tertiary/aromatic N) is 3. The summed E-state index contributed by atoms with van der Waals surface area (Å²) in [6, 6.07) is 9.51. The number of carbonyl (C=O) groups excluding carboxylic acids is 2. The molecular weight excluding hydrogens is 342 g/mol. The first-order chi connectivity index (χ1) is 13.1. The molecule has 2 aliphatic heterocycles. The number of benzene rings is 1. The van der Waals surface area contributed by atoms with Gasteiger partial charge in [-0.2, -0.15) is 0 Å². The van der Waals surface area contributed by atoms with Gasteiger partial charge in [0.05, 0.1) is 11.3 Å². The Bertz CT molecular complexity index is 819. The fourth-order valence-corrected chi connectivity index (χ4v) is 3.95. The Morgan fingerprint density at radius 3 is 2.30 bits per heavy atom. The average molecular weight is 367 g/mol. The van der Waals surface area contributed by atoms with E-state index >= 15 is 0 Å². The summed E-state index contributed by atoms with van der Waals surface area (Å²) in [5.41, 5.74) is 8.81. The van der Waals surface area contributed by atoms with Crippen LogP contribution in [0.1, 0.15) is 33.7 Å². The summed E-state index contributed by atoms with van der Waals surface area (Å²) in [5.74, 6) is -0.341. The molecule has 2 aromatic rings. The molecule has 7 heteroatoms. The van der Waals surface area contributed by atoms with E-state index < -0.39 is 0 Å². The zero-order chi connectivity index (χ0) is 18.8. The molecule has 142 valence electrons. The Labute approximate surface area is 158 Å². The van der Waals surface area contributed by atoms with Crippen LogP contribution in [-0.4, -0.2) is 61.0 Å². The first kappa shape index (κ1) is 17.5. The van der Waals surface area contributed by atoms with Crippen LogP contribution in [0.2, 0.25) is 0 Å². The molecule has 1 aromatic carbocycles. The van der Waals surface area contributed by atoms with Crippen molar-refractivity contribution in [1.29, 1.82) is 0 Å². The van der Waals surface area contributed by atoms with Crippen LogP contribution in [0.3, 0.4) is 0 Å². The van der Waals surface area contributed by atoms with Crippen molar-refractivity contribution < 1.29 is 9.59 Å². The largest absolute Gasteiger partial charge is 0.371 e. The molecule has 2 saturated heterocycles. The van der Waals surface area contributed by atoms with Crippen LogP contribution in [-0.2, 0) is 0 Å². The molecule has 0 bridgehead atoms. The van der Waals surface area contributed by atoms with Crippen molar-refractivity contribution in [3.63, 3.8) is 0 Å². The van der Waals surface area contributed by atoms with Crippen molar-refractivity contribution in [2.45, 2.75) is 12.8 Å². The lowest BCUT2D eigenvalue weighted by Crippen LogP contribution is -2.49. The summed E-state index contributed by atoms with van der Waals surface area (Å²) in [4.78, 5) is 33.7. The number of amides is 2. The van der Waals surface area contributed by atoms with Crippen LogP contribution >= 0.6 is 0 Å². The molecule has 0 saturated carbocycles. The number of aromatic nitrogens is 1. The minimum atomic E-state index is -0.384. The zero-order valence-corrected chi connectivity index (χ0v) is 15.4. The maximum atomic E-state index is 12.5. The van der Waals surface area contributed by atoms with E-state index in [2.05, 4.69) is 20.9 Å². The first-order valence-corrected chi connectivity index (χ1v) is 9.50. The van der Waals surface area contributed by atoms with Gasteiger partial charge in [0.15, 0.2) is 0 Å². The molecule has 0 atom stereocenters. The lowest BCUT2D eigenvalue weighted by atomic mass is 10.1. The third kappa shape index (κ3) is 3.49. The van der Waals surface area contributed by atoms with Crippen LogP contribution in [0.25, 0.3) is 0 Å². The highest BCUT2D eigenvalue weighted by atomic mass is 16.2. The van der Waals surface area contributed by atoms with Gasteiger partial charge < -0.3 is 25.4 Å². The molecule has 2 fully saturated rings. The fourth-order valence-electron chi connectivity index (χ4n) is 3.95. The van der Waals surface area contributed by atoms with Crippen LogP contribution < -0.4 is 15.5 Å². The van der Waals surface area contributed by atoms with Crippen LogP contribution in [0.5, 0.6) is 0 Å². The van der Waals surface area contributed by atoms with Gasteiger partial charge in [-0.15, -0.1) is 0 Å². The number of piperazine rings is 1. The second-order valence-corrected chi connectivity index (χ2v) is 7.12. The monoisotopic (exact) mass is 367 g/mol. The molecule has 7 nitrogen and oxygen atoms in total. The summed E-state index contributed by atoms with van der Waals surface area (Å²) >= 11 is 0. The van der Waals surface area contributed by atoms with Crippen molar-refractivity contribution in [2.75, 3.05) is 49.1 Å². The number of anilines is 2. The predicted octanol–water partition coefficient (Wildman–Crippen LogP) is 1.68. The quantitative estimate of drug-likeness (QED) is 0.861. The molecule has 2 aliphatic rings. The maximum Gasteiger partial charge on any atom is 0.270 e. The van der Waals surface area contributed by atoms with Gasteiger partial charge in [0, 0.05) is 51.2 Å². The van der Waals surface area contributed by atoms with Gasteiger partial charge in [0.1, 0.15) is 5.69 Å². The van der Waals surface area contributed by atoms with E-state index in [1.807, 2.05) is 23.1 Å². The molecule has 4 rings (SSSR count). The SMILES string of the molecule is NC(=O)c1ccc(N2CCN(C(=O)c3ccc[nH]3)CC2)cc1N1CCCC1. The number of carbonyl (C=O) groups is 2. The Hall–Kier alpha value is -2.96. The molecule has 0 radical (unpaired) electrons. The highest BCUT2D eigenvalue weighted by Crippen LogP contribution is 2.30. The smallest absolute Gasteiger partial charge is 0.270 e. The van der Waals surface area contributed by atoms with E-state index in [4.69, 9.17) is 5.73 Å². The Morgan fingerprint density at radius 1 is 0.926 bits per heavy atom. The minimum Gasteiger partial charge on any atom is -0.371 e. The topological polar surface area (TPSA) is 85.7 Å². The summed E-state index contributed by atoms with van der Waals surface area (Å²) in [7, 11) is 0. The Balaban J connectivity index is 1.48. The standard InChI is InChI=1S/C20H25N5O2/c21-19(26)16-6-5-15(14-18(16)24-8-1-2-9-24)23-10-12-25(13-11-23)20(27)17-4-3-7-22-17/h3-7,14,22H,1-2,8-13H2,(H2,21,26). The summed E-state index contributed by atoms with van der Waals surface area (Å²) < 4.78 is 0. The Morgan fingerprint density at radius 2 is 1.67 bits per heavy atom. The highest BCUT2D eigenvalue weighted by molar-refractivity contribution is 5.99. The van der Waals surface area contributed by atoms with E-state index in [9.17, 15) is 9.59 Å². The van der Waals surface area contributed by atoms with Gasteiger partial charge in [-0.25, -0.2) is 0 Å². The van der Waals surface area contributed by atoms with Crippen molar-refractivity contribution >= 4 is 23.2 Å². The molecular formula is C20H25N5O2. The number of aromatic amines is 1. The number of H-pyrrole nitrogens is 1. The third-order valence-corrected chi connectivity index (χ3v) is 5.45. The van der Waals surface area contributed by atoms with Gasteiger partial charge in [-0.1, -0.05) is 0 Å². The second kappa shape index (κ2) is 7.34. The second-order valence-electron chi connectivity index (χ2n) is 7.12. The molecule has 27 heavy (non-hydrogen) atoms. The lowest BCUT2D eigenvalue weighted by molar-refractivity contribution is 0.0741. The molecule has 0 unspecified atom stereocenters. The van der Waals surface area contributed by atoms with Gasteiger partial charge in [-0.3, -0.25) is 9.59 Å². The van der Waals surface area contributed by atoms with Crippen LogP contribution in [0.4, 0.5) is 11.4 Å². The Kier molecular flexibility index (Phi) is 4.75. The van der Waals surface area contributed by atoms with Gasteiger partial charge in [-0.05, 0) is 43.2 Å². The number of nitrogens with two attached hydrogens (primary N) is 1. The predicted molar refractivity (Wildman–Crippen MR) is 105 cm³/mol. The number of hydrogen-bond donors (Lipinski definition) is 2. The van der Waals surface area contributed by atoms with Crippen molar-refractivity contribution in [2.24, 2.45) is 5.73 Å². The molecule has 3 heterocycles.